The number of nitrogens with zero attached hydrogens (tertiary/aromatic N) is 1. The molecule has 2 aromatic carbocycles. The molecule has 1 heterocycles. The Morgan fingerprint density at radius 3 is 2.67 bits per heavy atom. The molecule has 0 N–H and O–H groups in total. The van der Waals surface area contributed by atoms with Crippen LogP contribution in [-0.4, -0.2) is 33.8 Å². The maximum absolute atomic E-state index is 15.2. The third-order valence-electron chi connectivity index (χ3n) is 5.82. The molecule has 2 aliphatic rings. The topological polar surface area (TPSA) is 57.2 Å². The number of benzene rings is 2. The zero-order valence-electron chi connectivity index (χ0n) is 18.7. The summed E-state index contributed by atoms with van der Waals surface area (Å²) in [4.78, 5) is 14.8. The molecule has 0 bridgehead atoms. The number of amides is 1. The van der Waals surface area contributed by atoms with Crippen LogP contribution in [0.3, 0.4) is 0 Å². The Bertz CT molecular complexity index is 1130. The van der Waals surface area contributed by atoms with Gasteiger partial charge in [0, 0.05) is 34.2 Å². The van der Waals surface area contributed by atoms with Gasteiger partial charge in [0.1, 0.15) is 30.0 Å². The molecule has 0 radical (unpaired) electrons. The number of rotatable bonds is 6. The quantitative estimate of drug-likeness (QED) is 0.553. The van der Waals surface area contributed by atoms with Crippen LogP contribution in [0.15, 0.2) is 59.6 Å². The minimum atomic E-state index is -0.795. The van der Waals surface area contributed by atoms with E-state index in [4.69, 9.17) is 30.5 Å². The van der Waals surface area contributed by atoms with Crippen LogP contribution < -0.4 is 14.4 Å². The number of fused-ring (bicyclic) bond motifs is 1. The number of hydrogen-bond acceptors (Lipinski definition) is 5. The average Bonchev–Trinajstić information content (AvgIpc) is 2.96. The van der Waals surface area contributed by atoms with Gasteiger partial charge in [-0.25, -0.2) is 4.39 Å². The van der Waals surface area contributed by atoms with Crippen LogP contribution in [-0.2, 0) is 20.8 Å². The van der Waals surface area contributed by atoms with Crippen LogP contribution in [0.2, 0.25) is 5.02 Å². The molecule has 0 aromatic heterocycles. The summed E-state index contributed by atoms with van der Waals surface area (Å²) in [6.45, 7) is 0.0137. The number of carbonyl (C=O) groups excluding carboxylic acids is 1. The Balaban J connectivity index is 1.77. The number of ether oxygens (including phenoxy) is 4. The minimum Gasteiger partial charge on any atom is -0.498 e. The van der Waals surface area contributed by atoms with Gasteiger partial charge in [0.25, 0.3) is 5.91 Å². The van der Waals surface area contributed by atoms with Crippen molar-refractivity contribution in [2.75, 3.05) is 32.8 Å². The SMILES string of the molecule is COC1=C(F)C([C@H]2OCC(=O)N(Cc3ccc(OC)cc3OC)c3ccc(Cl)cc32)=CCC1. The fourth-order valence-corrected chi connectivity index (χ4v) is 4.33. The third-order valence-corrected chi connectivity index (χ3v) is 6.06. The number of anilines is 1. The molecule has 33 heavy (non-hydrogen) atoms. The van der Waals surface area contributed by atoms with Gasteiger partial charge in [0.05, 0.1) is 33.6 Å². The minimum absolute atomic E-state index is 0.220. The molecule has 174 valence electrons. The zero-order chi connectivity index (χ0) is 23.5. The van der Waals surface area contributed by atoms with Crippen molar-refractivity contribution < 1.29 is 28.1 Å². The van der Waals surface area contributed by atoms with Gasteiger partial charge >= 0.3 is 0 Å². The lowest BCUT2D eigenvalue weighted by Crippen LogP contribution is -2.32. The Hall–Kier alpha value is -3.03. The molecule has 0 fully saturated rings. The summed E-state index contributed by atoms with van der Waals surface area (Å²) in [6, 6.07) is 10.6. The number of allylic oxidation sites excluding steroid dienone is 2. The molecular formula is C25H25ClFNO5. The second kappa shape index (κ2) is 9.85. The van der Waals surface area contributed by atoms with Gasteiger partial charge in [-0.1, -0.05) is 17.7 Å². The van der Waals surface area contributed by atoms with Crippen molar-refractivity contribution in [3.8, 4) is 11.5 Å². The van der Waals surface area contributed by atoms with E-state index in [1.54, 1.807) is 49.5 Å². The Kier molecular flexibility index (Phi) is 6.91. The van der Waals surface area contributed by atoms with Crippen LogP contribution >= 0.6 is 11.6 Å². The molecule has 0 spiro atoms. The van der Waals surface area contributed by atoms with Crippen molar-refractivity contribution in [2.45, 2.75) is 25.5 Å². The van der Waals surface area contributed by atoms with Crippen molar-refractivity contribution in [3.63, 3.8) is 0 Å². The first-order valence-corrected chi connectivity index (χ1v) is 10.9. The predicted octanol–water partition coefficient (Wildman–Crippen LogP) is 5.51. The van der Waals surface area contributed by atoms with E-state index in [-0.39, 0.29) is 24.8 Å². The second-order valence-electron chi connectivity index (χ2n) is 7.69. The van der Waals surface area contributed by atoms with Crippen molar-refractivity contribution in [2.24, 2.45) is 0 Å². The summed E-state index contributed by atoms with van der Waals surface area (Å²) in [5.74, 6) is 0.793. The molecule has 2 aromatic rings. The second-order valence-corrected chi connectivity index (χ2v) is 8.13. The molecule has 1 atom stereocenters. The van der Waals surface area contributed by atoms with Crippen molar-refractivity contribution in [1.29, 1.82) is 0 Å². The molecule has 4 rings (SSSR count). The van der Waals surface area contributed by atoms with Crippen LogP contribution in [0.25, 0.3) is 0 Å². The number of carbonyl (C=O) groups is 1. The zero-order valence-corrected chi connectivity index (χ0v) is 19.4. The van der Waals surface area contributed by atoms with Crippen LogP contribution in [0, 0.1) is 0 Å². The van der Waals surface area contributed by atoms with Crippen molar-refractivity contribution >= 4 is 23.2 Å². The molecule has 8 heteroatoms. The largest absolute Gasteiger partial charge is 0.498 e. The van der Waals surface area contributed by atoms with Gasteiger partial charge in [-0.05, 0) is 36.8 Å². The van der Waals surface area contributed by atoms with E-state index in [0.29, 0.717) is 46.2 Å². The Labute approximate surface area is 197 Å². The summed E-state index contributed by atoms with van der Waals surface area (Å²) in [6.07, 6.45) is 2.08. The average molecular weight is 474 g/mol. The number of hydrogen-bond donors (Lipinski definition) is 0. The molecule has 0 unspecified atom stereocenters. The summed E-state index contributed by atoms with van der Waals surface area (Å²) in [5.41, 5.74) is 2.34. The first-order valence-electron chi connectivity index (χ1n) is 10.5. The normalized spacial score (nSPS) is 18.5. The third kappa shape index (κ3) is 4.56. The lowest BCUT2D eigenvalue weighted by atomic mass is 9.93. The Morgan fingerprint density at radius 2 is 1.94 bits per heavy atom. The van der Waals surface area contributed by atoms with Crippen molar-refractivity contribution in [3.05, 3.63) is 75.8 Å². The van der Waals surface area contributed by atoms with Crippen LogP contribution in [0.4, 0.5) is 10.1 Å². The predicted molar refractivity (Wildman–Crippen MR) is 123 cm³/mol. The standard InChI is InChI=1S/C25H25ClFNO5/c1-30-17-9-7-15(22(12-17)32-3)13-28-20-10-8-16(26)11-19(20)25(33-14-23(28)29)18-5-4-6-21(31-2)24(18)27/h5,7-12,25H,4,6,13-14H2,1-3H3/t25-/m1/s1. The van der Waals surface area contributed by atoms with Gasteiger partial charge in [0.15, 0.2) is 5.83 Å². The van der Waals surface area contributed by atoms with Gasteiger partial charge in [-0.2, -0.15) is 0 Å². The lowest BCUT2D eigenvalue weighted by molar-refractivity contribution is -0.124. The molecular weight excluding hydrogens is 449 g/mol. The summed E-state index contributed by atoms with van der Waals surface area (Å²) in [5, 5.41) is 0.464. The summed E-state index contributed by atoms with van der Waals surface area (Å²) < 4.78 is 37.1. The maximum Gasteiger partial charge on any atom is 0.253 e. The monoisotopic (exact) mass is 473 g/mol. The number of halogens is 2. The van der Waals surface area contributed by atoms with E-state index in [1.165, 1.54) is 7.11 Å². The molecule has 1 amide bonds. The van der Waals surface area contributed by atoms with E-state index in [0.717, 1.165) is 5.56 Å². The maximum atomic E-state index is 15.2. The highest BCUT2D eigenvalue weighted by Crippen LogP contribution is 2.43. The van der Waals surface area contributed by atoms with E-state index < -0.39 is 11.9 Å². The summed E-state index contributed by atoms with van der Waals surface area (Å²) >= 11 is 6.31. The molecule has 1 aliphatic heterocycles. The first-order chi connectivity index (χ1) is 16.0. The molecule has 0 saturated heterocycles. The van der Waals surface area contributed by atoms with Crippen molar-refractivity contribution in [1.82, 2.24) is 0 Å². The Morgan fingerprint density at radius 1 is 1.12 bits per heavy atom. The van der Waals surface area contributed by atoms with Gasteiger partial charge < -0.3 is 23.8 Å². The highest BCUT2D eigenvalue weighted by atomic mass is 35.5. The lowest BCUT2D eigenvalue weighted by Gasteiger charge is -2.26. The van der Waals surface area contributed by atoms with Gasteiger partial charge in [0.2, 0.25) is 0 Å². The molecule has 1 aliphatic carbocycles. The van der Waals surface area contributed by atoms with E-state index in [2.05, 4.69) is 0 Å². The van der Waals surface area contributed by atoms with E-state index in [1.807, 2.05) is 12.1 Å². The van der Waals surface area contributed by atoms with Gasteiger partial charge in [-0.15, -0.1) is 0 Å². The van der Waals surface area contributed by atoms with E-state index in [9.17, 15) is 4.79 Å². The fourth-order valence-electron chi connectivity index (χ4n) is 4.15. The molecule has 0 saturated carbocycles. The highest BCUT2D eigenvalue weighted by molar-refractivity contribution is 6.30. The van der Waals surface area contributed by atoms with E-state index >= 15 is 4.39 Å². The summed E-state index contributed by atoms with van der Waals surface area (Å²) in [7, 11) is 4.59. The fraction of sp³-hybridized carbons (Fsp3) is 0.320. The number of methoxy groups -OCH3 is 3. The molecule has 6 nitrogen and oxygen atoms in total. The highest BCUT2D eigenvalue weighted by Gasteiger charge is 2.34. The van der Waals surface area contributed by atoms with Gasteiger partial charge in [-0.3, -0.25) is 4.79 Å². The van der Waals surface area contributed by atoms with Crippen LogP contribution in [0.5, 0.6) is 11.5 Å². The smallest absolute Gasteiger partial charge is 0.253 e. The first kappa shape index (κ1) is 23.1. The van der Waals surface area contributed by atoms with Crippen LogP contribution in [0.1, 0.15) is 30.1 Å².